The molecule has 3 aromatic rings. The van der Waals surface area contributed by atoms with Crippen LogP contribution >= 0.6 is 0 Å². The molecule has 32 heavy (non-hydrogen) atoms. The number of aromatic nitrogens is 1. The van der Waals surface area contributed by atoms with Gasteiger partial charge in [-0.25, -0.2) is 4.79 Å². The van der Waals surface area contributed by atoms with E-state index in [-0.39, 0.29) is 11.8 Å². The molecule has 1 aromatic heterocycles. The molecule has 1 heterocycles. The Kier molecular flexibility index (Phi) is 8.02. The molecule has 0 aliphatic heterocycles. The summed E-state index contributed by atoms with van der Waals surface area (Å²) in [5, 5.41) is 9.37. The van der Waals surface area contributed by atoms with E-state index in [0.29, 0.717) is 19.4 Å². The van der Waals surface area contributed by atoms with Crippen LogP contribution in [0.5, 0.6) is 0 Å². The predicted octanol–water partition coefficient (Wildman–Crippen LogP) is 3.31. The maximum absolute atomic E-state index is 13.0. The summed E-state index contributed by atoms with van der Waals surface area (Å²) in [7, 11) is 0. The number of aromatic amines is 1. The van der Waals surface area contributed by atoms with E-state index in [2.05, 4.69) is 20.9 Å². The molecule has 0 bridgehead atoms. The second-order valence-corrected chi connectivity index (χ2v) is 7.99. The Morgan fingerprint density at radius 3 is 2.47 bits per heavy atom. The van der Waals surface area contributed by atoms with Gasteiger partial charge in [-0.2, -0.15) is 0 Å². The summed E-state index contributed by atoms with van der Waals surface area (Å²) in [5.74, 6) is -0.469. The number of carbonyl (C=O) groups is 3. The van der Waals surface area contributed by atoms with Crippen LogP contribution in [0, 0.1) is 5.92 Å². The van der Waals surface area contributed by atoms with Crippen molar-refractivity contribution in [2.45, 2.75) is 45.3 Å². The molecule has 0 spiro atoms. The standard InChI is InChI=1S/C25H30N4O3/c1-3-17(2)23(29-25(32)27-14-18-9-5-4-6-10-18)24(31)28-20(16-30)13-19-15-26-22-12-8-7-11-21(19)22/h4-12,15-17,20,23,26H,3,13-14H2,1-2H3,(H,28,31)(H2,27,29,32)/t17-,20-,23-/m0/s1. The highest BCUT2D eigenvalue weighted by Crippen LogP contribution is 2.19. The third-order valence-electron chi connectivity index (χ3n) is 5.68. The molecule has 7 nitrogen and oxygen atoms in total. The van der Waals surface area contributed by atoms with Crippen LogP contribution in [-0.2, 0) is 22.6 Å². The van der Waals surface area contributed by atoms with E-state index in [4.69, 9.17) is 0 Å². The summed E-state index contributed by atoms with van der Waals surface area (Å²) in [6.45, 7) is 4.22. The van der Waals surface area contributed by atoms with Crippen molar-refractivity contribution in [1.29, 1.82) is 0 Å². The number of hydrogen-bond acceptors (Lipinski definition) is 3. The molecule has 0 fully saturated rings. The first-order valence-corrected chi connectivity index (χ1v) is 10.9. The van der Waals surface area contributed by atoms with Crippen molar-refractivity contribution in [2.24, 2.45) is 5.92 Å². The van der Waals surface area contributed by atoms with E-state index in [1.54, 1.807) is 0 Å². The summed E-state index contributed by atoms with van der Waals surface area (Å²) < 4.78 is 0. The largest absolute Gasteiger partial charge is 0.361 e. The molecule has 3 rings (SSSR count). The topological polar surface area (TPSA) is 103 Å². The van der Waals surface area contributed by atoms with Crippen LogP contribution < -0.4 is 16.0 Å². The summed E-state index contributed by atoms with van der Waals surface area (Å²) >= 11 is 0. The minimum absolute atomic E-state index is 0.0992. The zero-order valence-corrected chi connectivity index (χ0v) is 18.4. The minimum Gasteiger partial charge on any atom is -0.361 e. The van der Waals surface area contributed by atoms with Crippen LogP contribution in [0.4, 0.5) is 4.79 Å². The van der Waals surface area contributed by atoms with Gasteiger partial charge in [-0.15, -0.1) is 0 Å². The van der Waals surface area contributed by atoms with Crippen molar-refractivity contribution < 1.29 is 14.4 Å². The summed E-state index contributed by atoms with van der Waals surface area (Å²) in [4.78, 5) is 40.3. The maximum atomic E-state index is 13.0. The molecule has 0 saturated carbocycles. The fraction of sp³-hybridized carbons (Fsp3) is 0.320. The molecule has 0 radical (unpaired) electrons. The van der Waals surface area contributed by atoms with Gasteiger partial charge in [0, 0.05) is 30.1 Å². The Hall–Kier alpha value is -3.61. The highest BCUT2D eigenvalue weighted by molar-refractivity contribution is 5.89. The summed E-state index contributed by atoms with van der Waals surface area (Å²) in [6, 6.07) is 15.5. The first-order valence-electron chi connectivity index (χ1n) is 10.9. The van der Waals surface area contributed by atoms with Gasteiger partial charge in [-0.3, -0.25) is 4.79 Å². The Morgan fingerprint density at radius 2 is 1.75 bits per heavy atom. The van der Waals surface area contributed by atoms with Gasteiger partial charge in [0.25, 0.3) is 0 Å². The van der Waals surface area contributed by atoms with E-state index < -0.39 is 18.1 Å². The van der Waals surface area contributed by atoms with E-state index in [0.717, 1.165) is 28.3 Å². The molecule has 4 N–H and O–H groups in total. The molecule has 168 valence electrons. The number of nitrogens with one attached hydrogen (secondary N) is 4. The quantitative estimate of drug-likeness (QED) is 0.368. The average Bonchev–Trinajstić information content (AvgIpc) is 3.23. The molecule has 0 unspecified atom stereocenters. The number of aldehydes is 1. The average molecular weight is 435 g/mol. The van der Waals surface area contributed by atoms with Crippen molar-refractivity contribution >= 4 is 29.1 Å². The van der Waals surface area contributed by atoms with Crippen molar-refractivity contribution in [1.82, 2.24) is 20.9 Å². The lowest BCUT2D eigenvalue weighted by molar-refractivity contribution is -0.126. The van der Waals surface area contributed by atoms with E-state index in [9.17, 15) is 14.4 Å². The Labute approximate surface area is 188 Å². The fourth-order valence-electron chi connectivity index (χ4n) is 3.62. The van der Waals surface area contributed by atoms with Crippen LogP contribution in [0.1, 0.15) is 31.4 Å². The van der Waals surface area contributed by atoms with Crippen LogP contribution in [0.2, 0.25) is 0 Å². The second kappa shape index (κ2) is 11.1. The van der Waals surface area contributed by atoms with Crippen molar-refractivity contribution in [2.75, 3.05) is 0 Å². The van der Waals surface area contributed by atoms with E-state index >= 15 is 0 Å². The number of rotatable bonds is 10. The van der Waals surface area contributed by atoms with Crippen molar-refractivity contribution in [3.05, 3.63) is 71.9 Å². The van der Waals surface area contributed by atoms with Gasteiger partial charge in [0.1, 0.15) is 12.3 Å². The lowest BCUT2D eigenvalue weighted by Crippen LogP contribution is -2.55. The van der Waals surface area contributed by atoms with Crippen LogP contribution in [-0.4, -0.2) is 35.3 Å². The molecular weight excluding hydrogens is 404 g/mol. The van der Waals surface area contributed by atoms with Gasteiger partial charge < -0.3 is 25.7 Å². The molecular formula is C25H30N4O3. The number of para-hydroxylation sites is 1. The van der Waals surface area contributed by atoms with Gasteiger partial charge >= 0.3 is 6.03 Å². The minimum atomic E-state index is -0.749. The second-order valence-electron chi connectivity index (χ2n) is 7.99. The zero-order valence-electron chi connectivity index (χ0n) is 18.4. The monoisotopic (exact) mass is 434 g/mol. The fourth-order valence-corrected chi connectivity index (χ4v) is 3.62. The predicted molar refractivity (Wildman–Crippen MR) is 125 cm³/mol. The molecule has 3 amide bonds. The Balaban J connectivity index is 1.62. The first-order chi connectivity index (χ1) is 15.5. The van der Waals surface area contributed by atoms with Crippen LogP contribution in [0.15, 0.2) is 60.8 Å². The third-order valence-corrected chi connectivity index (χ3v) is 5.68. The lowest BCUT2D eigenvalue weighted by atomic mass is 9.97. The summed E-state index contributed by atoms with van der Waals surface area (Å²) in [5.41, 5.74) is 2.89. The molecule has 2 aromatic carbocycles. The molecule has 0 saturated heterocycles. The Morgan fingerprint density at radius 1 is 1.03 bits per heavy atom. The molecule has 0 aliphatic rings. The van der Waals surface area contributed by atoms with Gasteiger partial charge in [-0.05, 0) is 23.1 Å². The summed E-state index contributed by atoms with van der Waals surface area (Å²) in [6.07, 6.45) is 3.66. The molecule has 7 heteroatoms. The highest BCUT2D eigenvalue weighted by atomic mass is 16.2. The van der Waals surface area contributed by atoms with Gasteiger partial charge in [-0.1, -0.05) is 68.8 Å². The Bertz CT molecular complexity index is 1050. The van der Waals surface area contributed by atoms with Crippen molar-refractivity contribution in [3.63, 3.8) is 0 Å². The first kappa shape index (κ1) is 23.1. The van der Waals surface area contributed by atoms with Gasteiger partial charge in [0.2, 0.25) is 5.91 Å². The number of hydrogen-bond donors (Lipinski definition) is 4. The number of urea groups is 1. The number of fused-ring (bicyclic) bond motifs is 1. The maximum Gasteiger partial charge on any atom is 0.315 e. The highest BCUT2D eigenvalue weighted by Gasteiger charge is 2.28. The molecule has 3 atom stereocenters. The van der Waals surface area contributed by atoms with Crippen LogP contribution in [0.25, 0.3) is 10.9 Å². The van der Waals surface area contributed by atoms with Crippen molar-refractivity contribution in [3.8, 4) is 0 Å². The normalized spacial score (nSPS) is 13.7. The van der Waals surface area contributed by atoms with E-state index in [1.807, 2.05) is 74.6 Å². The third kappa shape index (κ3) is 5.97. The van der Waals surface area contributed by atoms with Gasteiger partial charge in [0.15, 0.2) is 0 Å². The number of carbonyl (C=O) groups excluding carboxylic acids is 3. The lowest BCUT2D eigenvalue weighted by Gasteiger charge is -2.25. The SMILES string of the molecule is CC[C@H](C)[C@H](NC(=O)NCc1ccccc1)C(=O)N[C@H](C=O)Cc1c[nH]c2ccccc12. The number of H-pyrrole nitrogens is 1. The molecule has 0 aliphatic carbocycles. The zero-order chi connectivity index (χ0) is 22.9. The smallest absolute Gasteiger partial charge is 0.315 e. The van der Waals surface area contributed by atoms with E-state index in [1.165, 1.54) is 0 Å². The number of amides is 3. The van der Waals surface area contributed by atoms with Crippen LogP contribution in [0.3, 0.4) is 0 Å². The number of benzene rings is 2. The van der Waals surface area contributed by atoms with Gasteiger partial charge in [0.05, 0.1) is 6.04 Å².